The Balaban J connectivity index is 2.20. The zero-order valence-corrected chi connectivity index (χ0v) is 10.4. The van der Waals surface area contributed by atoms with Crippen LogP contribution in [0.15, 0.2) is 41.0 Å². The van der Waals surface area contributed by atoms with Crippen molar-refractivity contribution in [2.24, 2.45) is 0 Å². The minimum absolute atomic E-state index is 0.754. The van der Waals surface area contributed by atoms with E-state index in [-0.39, 0.29) is 0 Å². The van der Waals surface area contributed by atoms with Gasteiger partial charge >= 0.3 is 0 Å². The molecular formula is C12H11BrN2O. The summed E-state index contributed by atoms with van der Waals surface area (Å²) in [6, 6.07) is 9.91. The molecule has 4 heteroatoms. The fourth-order valence-corrected chi connectivity index (χ4v) is 1.82. The number of benzene rings is 1. The van der Waals surface area contributed by atoms with Crippen LogP contribution in [-0.4, -0.2) is 17.3 Å². The summed E-state index contributed by atoms with van der Waals surface area (Å²) < 4.78 is 6.12. The molecule has 1 aromatic heterocycles. The highest BCUT2D eigenvalue weighted by Gasteiger charge is 2.00. The highest BCUT2D eigenvalue weighted by molar-refractivity contribution is 9.10. The lowest BCUT2D eigenvalue weighted by Crippen LogP contribution is -1.94. The summed E-state index contributed by atoms with van der Waals surface area (Å²) in [6.45, 7) is 0. The zero-order chi connectivity index (χ0) is 11.4. The topological polar surface area (TPSA) is 35.0 Å². The van der Waals surface area contributed by atoms with E-state index in [0.29, 0.717) is 0 Å². The number of ether oxygens (including phenoxy) is 1. The van der Waals surface area contributed by atoms with Gasteiger partial charge in [-0.05, 0) is 39.7 Å². The minimum Gasteiger partial charge on any atom is -0.497 e. The normalized spacial score (nSPS) is 10.1. The van der Waals surface area contributed by atoms with Crippen LogP contribution in [0.25, 0.3) is 0 Å². The molecule has 1 aromatic carbocycles. The third kappa shape index (κ3) is 2.79. The lowest BCUT2D eigenvalue weighted by Gasteiger charge is -2.03. The average molecular weight is 279 g/mol. The van der Waals surface area contributed by atoms with Crippen LogP contribution in [-0.2, 0) is 6.42 Å². The molecule has 1 heterocycles. The molecule has 0 N–H and O–H groups in total. The standard InChI is InChI=1S/C12H11BrN2O/c1-16-12-4-2-3-9(6-12)5-11-7-10(13)8-14-15-11/h2-4,6-8H,5H2,1H3. The monoisotopic (exact) mass is 278 g/mol. The van der Waals surface area contributed by atoms with Crippen LogP contribution in [0.4, 0.5) is 0 Å². The maximum Gasteiger partial charge on any atom is 0.119 e. The number of nitrogens with zero attached hydrogens (tertiary/aromatic N) is 2. The van der Waals surface area contributed by atoms with Crippen LogP contribution in [0.3, 0.4) is 0 Å². The molecule has 2 rings (SSSR count). The second-order valence-corrected chi connectivity index (χ2v) is 4.31. The molecular weight excluding hydrogens is 268 g/mol. The Bertz CT molecular complexity index is 488. The number of methoxy groups -OCH3 is 1. The second-order valence-electron chi connectivity index (χ2n) is 3.39. The first-order chi connectivity index (χ1) is 7.78. The number of halogens is 1. The molecule has 0 saturated carbocycles. The van der Waals surface area contributed by atoms with Gasteiger partial charge in [-0.3, -0.25) is 0 Å². The molecule has 0 spiro atoms. The highest BCUT2D eigenvalue weighted by Crippen LogP contribution is 2.16. The number of aromatic nitrogens is 2. The average Bonchev–Trinajstić information content (AvgIpc) is 2.29. The van der Waals surface area contributed by atoms with Crippen molar-refractivity contribution in [1.82, 2.24) is 10.2 Å². The maximum atomic E-state index is 5.17. The minimum atomic E-state index is 0.754. The molecule has 0 atom stereocenters. The molecule has 0 radical (unpaired) electrons. The Labute approximate surface area is 103 Å². The van der Waals surface area contributed by atoms with Gasteiger partial charge in [0, 0.05) is 10.9 Å². The van der Waals surface area contributed by atoms with E-state index in [1.54, 1.807) is 13.3 Å². The summed E-state index contributed by atoms with van der Waals surface area (Å²) in [5.41, 5.74) is 2.09. The van der Waals surface area contributed by atoms with E-state index < -0.39 is 0 Å². The predicted molar refractivity (Wildman–Crippen MR) is 65.5 cm³/mol. The fourth-order valence-electron chi connectivity index (χ4n) is 1.46. The molecule has 82 valence electrons. The van der Waals surface area contributed by atoms with E-state index in [4.69, 9.17) is 4.74 Å². The van der Waals surface area contributed by atoms with Crippen LogP contribution in [0.1, 0.15) is 11.3 Å². The first-order valence-electron chi connectivity index (χ1n) is 4.88. The zero-order valence-electron chi connectivity index (χ0n) is 8.85. The Morgan fingerprint density at radius 2 is 2.19 bits per heavy atom. The molecule has 0 aliphatic rings. The molecule has 3 nitrogen and oxygen atoms in total. The van der Waals surface area contributed by atoms with Gasteiger partial charge in [0.05, 0.1) is 19.0 Å². The van der Waals surface area contributed by atoms with E-state index in [9.17, 15) is 0 Å². The van der Waals surface area contributed by atoms with Gasteiger partial charge in [0.25, 0.3) is 0 Å². The summed E-state index contributed by atoms with van der Waals surface area (Å²) >= 11 is 3.38. The first-order valence-corrected chi connectivity index (χ1v) is 5.67. The molecule has 0 bridgehead atoms. The molecule has 0 fully saturated rings. The largest absolute Gasteiger partial charge is 0.497 e. The van der Waals surface area contributed by atoms with Crippen LogP contribution in [0.5, 0.6) is 5.75 Å². The van der Waals surface area contributed by atoms with Crippen molar-refractivity contribution in [2.75, 3.05) is 7.11 Å². The van der Waals surface area contributed by atoms with Crippen LogP contribution >= 0.6 is 15.9 Å². The Hall–Kier alpha value is -1.42. The summed E-state index contributed by atoms with van der Waals surface area (Å²) in [5, 5.41) is 7.96. The van der Waals surface area contributed by atoms with Crippen LogP contribution < -0.4 is 4.74 Å². The van der Waals surface area contributed by atoms with Crippen molar-refractivity contribution in [3.05, 3.63) is 52.3 Å². The van der Waals surface area contributed by atoms with Gasteiger partial charge in [-0.25, -0.2) is 0 Å². The summed E-state index contributed by atoms with van der Waals surface area (Å²) in [5.74, 6) is 0.862. The third-order valence-electron chi connectivity index (χ3n) is 2.19. The lowest BCUT2D eigenvalue weighted by molar-refractivity contribution is 0.414. The van der Waals surface area contributed by atoms with E-state index in [0.717, 1.165) is 27.9 Å². The smallest absolute Gasteiger partial charge is 0.119 e. The van der Waals surface area contributed by atoms with Gasteiger partial charge in [0.15, 0.2) is 0 Å². The molecule has 0 aliphatic carbocycles. The number of hydrogen-bond acceptors (Lipinski definition) is 3. The van der Waals surface area contributed by atoms with Gasteiger partial charge in [0.2, 0.25) is 0 Å². The number of rotatable bonds is 3. The SMILES string of the molecule is COc1cccc(Cc2cc(Br)cnn2)c1. The van der Waals surface area contributed by atoms with Gasteiger partial charge in [-0.15, -0.1) is 0 Å². The summed E-state index contributed by atoms with van der Waals surface area (Å²) in [6.07, 6.45) is 2.43. The quantitative estimate of drug-likeness (QED) is 0.866. The third-order valence-corrected chi connectivity index (χ3v) is 2.62. The Morgan fingerprint density at radius 3 is 2.94 bits per heavy atom. The molecule has 16 heavy (non-hydrogen) atoms. The van der Waals surface area contributed by atoms with Gasteiger partial charge in [0.1, 0.15) is 5.75 Å². The van der Waals surface area contributed by atoms with Gasteiger partial charge in [-0.2, -0.15) is 10.2 Å². The number of hydrogen-bond donors (Lipinski definition) is 0. The van der Waals surface area contributed by atoms with Crippen molar-refractivity contribution in [2.45, 2.75) is 6.42 Å². The predicted octanol–water partition coefficient (Wildman–Crippen LogP) is 2.84. The molecule has 0 unspecified atom stereocenters. The highest BCUT2D eigenvalue weighted by atomic mass is 79.9. The van der Waals surface area contributed by atoms with Crippen molar-refractivity contribution in [3.63, 3.8) is 0 Å². The molecule has 0 amide bonds. The Morgan fingerprint density at radius 1 is 1.31 bits per heavy atom. The fraction of sp³-hybridized carbons (Fsp3) is 0.167. The second kappa shape index (κ2) is 5.07. The van der Waals surface area contributed by atoms with Gasteiger partial charge in [-0.1, -0.05) is 12.1 Å². The van der Waals surface area contributed by atoms with Crippen molar-refractivity contribution in [1.29, 1.82) is 0 Å². The van der Waals surface area contributed by atoms with Crippen molar-refractivity contribution in [3.8, 4) is 5.75 Å². The molecule has 0 saturated heterocycles. The van der Waals surface area contributed by atoms with E-state index in [1.165, 1.54) is 0 Å². The van der Waals surface area contributed by atoms with Crippen molar-refractivity contribution >= 4 is 15.9 Å². The molecule has 2 aromatic rings. The van der Waals surface area contributed by atoms with Crippen molar-refractivity contribution < 1.29 is 4.74 Å². The van der Waals surface area contributed by atoms with Crippen LogP contribution in [0.2, 0.25) is 0 Å². The van der Waals surface area contributed by atoms with Gasteiger partial charge < -0.3 is 4.74 Å². The summed E-state index contributed by atoms with van der Waals surface area (Å²) in [4.78, 5) is 0. The van der Waals surface area contributed by atoms with E-state index in [2.05, 4.69) is 26.1 Å². The first kappa shape index (κ1) is 11.1. The Kier molecular flexibility index (Phi) is 3.51. The molecule has 0 aliphatic heterocycles. The summed E-state index contributed by atoms with van der Waals surface area (Å²) in [7, 11) is 1.66. The van der Waals surface area contributed by atoms with Crippen LogP contribution in [0, 0.1) is 0 Å². The van der Waals surface area contributed by atoms with E-state index in [1.807, 2.05) is 30.3 Å². The maximum absolute atomic E-state index is 5.17. The van der Waals surface area contributed by atoms with E-state index >= 15 is 0 Å². The lowest BCUT2D eigenvalue weighted by atomic mass is 10.1.